The standard InChI is InChI=1S/C18H24FN3O3/c19-14-4-6-15(7-5-14)20-9-11-21(12-10-20)16-3-1-2-8-22(18(16)25)13-17(23)24/h4-7,16H,1-3,8-13H2,(H,23,24). The van der Waals surface area contributed by atoms with Crippen LogP contribution in [0.4, 0.5) is 10.1 Å². The van der Waals surface area contributed by atoms with Gasteiger partial charge in [-0.05, 0) is 43.5 Å². The highest BCUT2D eigenvalue weighted by molar-refractivity contribution is 5.85. The van der Waals surface area contributed by atoms with Crippen molar-refractivity contribution in [1.29, 1.82) is 0 Å². The molecule has 1 amide bonds. The Hall–Kier alpha value is -2.15. The first-order valence-corrected chi connectivity index (χ1v) is 8.80. The fourth-order valence-corrected chi connectivity index (χ4v) is 3.69. The van der Waals surface area contributed by atoms with E-state index in [-0.39, 0.29) is 24.3 Å². The number of anilines is 1. The van der Waals surface area contributed by atoms with E-state index in [1.807, 2.05) is 0 Å². The summed E-state index contributed by atoms with van der Waals surface area (Å²) in [6, 6.07) is 6.24. The highest BCUT2D eigenvalue weighted by atomic mass is 19.1. The van der Waals surface area contributed by atoms with Gasteiger partial charge in [0.15, 0.2) is 0 Å². The summed E-state index contributed by atoms with van der Waals surface area (Å²) in [5.41, 5.74) is 0.987. The van der Waals surface area contributed by atoms with Crippen LogP contribution < -0.4 is 4.90 Å². The fourth-order valence-electron chi connectivity index (χ4n) is 3.69. The average molecular weight is 349 g/mol. The fraction of sp³-hybridized carbons (Fsp3) is 0.556. The summed E-state index contributed by atoms with van der Waals surface area (Å²) in [5.74, 6) is -1.27. The van der Waals surface area contributed by atoms with Gasteiger partial charge in [0.2, 0.25) is 5.91 Å². The molecule has 7 heteroatoms. The van der Waals surface area contributed by atoms with Gasteiger partial charge < -0.3 is 14.9 Å². The van der Waals surface area contributed by atoms with Gasteiger partial charge in [-0.1, -0.05) is 0 Å². The number of aliphatic carboxylic acids is 1. The van der Waals surface area contributed by atoms with E-state index in [1.54, 1.807) is 12.1 Å². The van der Waals surface area contributed by atoms with Crippen LogP contribution in [-0.4, -0.2) is 72.1 Å². The van der Waals surface area contributed by atoms with E-state index in [4.69, 9.17) is 5.11 Å². The second-order valence-corrected chi connectivity index (χ2v) is 6.66. The van der Waals surface area contributed by atoms with Crippen LogP contribution in [0.3, 0.4) is 0 Å². The van der Waals surface area contributed by atoms with Crippen LogP contribution in [0.5, 0.6) is 0 Å². The van der Waals surface area contributed by atoms with Crippen LogP contribution in [0.2, 0.25) is 0 Å². The molecule has 0 spiro atoms. The number of piperazine rings is 1. The number of carboxylic acids is 1. The summed E-state index contributed by atoms with van der Waals surface area (Å²) < 4.78 is 13.1. The number of benzene rings is 1. The predicted octanol–water partition coefficient (Wildman–Crippen LogP) is 1.41. The molecule has 136 valence electrons. The minimum atomic E-state index is -0.963. The van der Waals surface area contributed by atoms with E-state index in [1.165, 1.54) is 17.0 Å². The summed E-state index contributed by atoms with van der Waals surface area (Å²) >= 11 is 0. The van der Waals surface area contributed by atoms with Gasteiger partial charge in [0.05, 0.1) is 6.04 Å². The number of halogens is 1. The maximum Gasteiger partial charge on any atom is 0.323 e. The third kappa shape index (κ3) is 4.28. The molecule has 2 heterocycles. The molecule has 0 radical (unpaired) electrons. The molecule has 1 aromatic carbocycles. The molecule has 2 saturated heterocycles. The molecule has 1 unspecified atom stereocenters. The largest absolute Gasteiger partial charge is 0.480 e. The average Bonchev–Trinajstić information content (AvgIpc) is 2.78. The Labute approximate surface area is 146 Å². The second kappa shape index (κ2) is 7.82. The Morgan fingerprint density at radius 2 is 1.76 bits per heavy atom. The lowest BCUT2D eigenvalue weighted by atomic mass is 10.1. The Kier molecular flexibility index (Phi) is 5.53. The molecule has 1 aromatic rings. The van der Waals surface area contributed by atoms with E-state index >= 15 is 0 Å². The molecule has 0 saturated carbocycles. The normalized spacial score (nSPS) is 22.8. The van der Waals surface area contributed by atoms with Crippen LogP contribution in [0.1, 0.15) is 19.3 Å². The van der Waals surface area contributed by atoms with Crippen LogP contribution in [0, 0.1) is 5.82 Å². The minimum Gasteiger partial charge on any atom is -0.480 e. The zero-order valence-corrected chi connectivity index (χ0v) is 14.2. The molecule has 0 bridgehead atoms. The zero-order chi connectivity index (χ0) is 17.8. The second-order valence-electron chi connectivity index (χ2n) is 6.66. The summed E-state index contributed by atoms with van der Waals surface area (Å²) in [5, 5.41) is 9.01. The van der Waals surface area contributed by atoms with Gasteiger partial charge in [0, 0.05) is 38.4 Å². The SMILES string of the molecule is O=C(O)CN1CCCCC(N2CCN(c3ccc(F)cc3)CC2)C1=O. The number of nitrogens with zero attached hydrogens (tertiary/aromatic N) is 3. The zero-order valence-electron chi connectivity index (χ0n) is 14.2. The highest BCUT2D eigenvalue weighted by Crippen LogP contribution is 2.22. The monoisotopic (exact) mass is 349 g/mol. The van der Waals surface area contributed by atoms with Crippen molar-refractivity contribution in [2.24, 2.45) is 0 Å². The molecular formula is C18H24FN3O3. The number of hydrogen-bond acceptors (Lipinski definition) is 4. The molecule has 2 fully saturated rings. The number of amides is 1. The third-order valence-electron chi connectivity index (χ3n) is 5.03. The van der Waals surface area contributed by atoms with E-state index in [0.29, 0.717) is 6.54 Å². The van der Waals surface area contributed by atoms with Crippen molar-refractivity contribution in [3.05, 3.63) is 30.1 Å². The molecule has 0 aromatic heterocycles. The lowest BCUT2D eigenvalue weighted by molar-refractivity contribution is -0.146. The lowest BCUT2D eigenvalue weighted by Crippen LogP contribution is -2.55. The first kappa shape index (κ1) is 17.7. The van der Waals surface area contributed by atoms with E-state index in [2.05, 4.69) is 9.80 Å². The van der Waals surface area contributed by atoms with E-state index < -0.39 is 5.97 Å². The molecule has 6 nitrogen and oxygen atoms in total. The van der Waals surface area contributed by atoms with Crippen molar-refractivity contribution in [3.63, 3.8) is 0 Å². The quantitative estimate of drug-likeness (QED) is 0.891. The molecule has 1 N–H and O–H groups in total. The summed E-state index contributed by atoms with van der Waals surface area (Å²) in [6.45, 7) is 3.34. The highest BCUT2D eigenvalue weighted by Gasteiger charge is 2.34. The topological polar surface area (TPSA) is 64.1 Å². The number of carbonyl (C=O) groups excluding carboxylic acids is 1. The van der Waals surface area contributed by atoms with Crippen LogP contribution in [0.25, 0.3) is 0 Å². The summed E-state index contributed by atoms with van der Waals surface area (Å²) in [4.78, 5) is 29.6. The van der Waals surface area contributed by atoms with Crippen LogP contribution >= 0.6 is 0 Å². The van der Waals surface area contributed by atoms with Crippen LogP contribution in [-0.2, 0) is 9.59 Å². The van der Waals surface area contributed by atoms with Crippen molar-refractivity contribution < 1.29 is 19.1 Å². The summed E-state index contributed by atoms with van der Waals surface area (Å²) in [6.07, 6.45) is 2.57. The Bertz CT molecular complexity index is 614. The van der Waals surface area contributed by atoms with Crippen molar-refractivity contribution >= 4 is 17.6 Å². The van der Waals surface area contributed by atoms with Gasteiger partial charge >= 0.3 is 5.97 Å². The Balaban J connectivity index is 1.61. The molecule has 1 atom stereocenters. The molecule has 2 aliphatic heterocycles. The first-order valence-electron chi connectivity index (χ1n) is 8.80. The van der Waals surface area contributed by atoms with Gasteiger partial charge in [0.25, 0.3) is 0 Å². The molecule has 3 rings (SSSR count). The van der Waals surface area contributed by atoms with Gasteiger partial charge in [-0.25, -0.2) is 4.39 Å². The van der Waals surface area contributed by atoms with Crippen molar-refractivity contribution in [2.75, 3.05) is 44.2 Å². The Morgan fingerprint density at radius 3 is 2.40 bits per heavy atom. The smallest absolute Gasteiger partial charge is 0.323 e. The number of rotatable bonds is 4. The van der Waals surface area contributed by atoms with E-state index in [0.717, 1.165) is 51.1 Å². The van der Waals surface area contributed by atoms with Crippen molar-refractivity contribution in [3.8, 4) is 0 Å². The van der Waals surface area contributed by atoms with Gasteiger partial charge in [-0.15, -0.1) is 0 Å². The summed E-state index contributed by atoms with van der Waals surface area (Å²) in [7, 11) is 0. The number of carbonyl (C=O) groups is 2. The van der Waals surface area contributed by atoms with Gasteiger partial charge in [-0.2, -0.15) is 0 Å². The van der Waals surface area contributed by atoms with Crippen molar-refractivity contribution in [2.45, 2.75) is 25.3 Å². The molecule has 2 aliphatic rings. The minimum absolute atomic E-state index is 0.0601. The predicted molar refractivity (Wildman–Crippen MR) is 92.0 cm³/mol. The molecular weight excluding hydrogens is 325 g/mol. The van der Waals surface area contributed by atoms with Gasteiger partial charge in [-0.3, -0.25) is 14.5 Å². The van der Waals surface area contributed by atoms with Crippen molar-refractivity contribution in [1.82, 2.24) is 9.80 Å². The third-order valence-corrected chi connectivity index (χ3v) is 5.03. The van der Waals surface area contributed by atoms with Gasteiger partial charge in [0.1, 0.15) is 12.4 Å². The number of hydrogen-bond donors (Lipinski definition) is 1. The number of carboxylic acid groups (broad SMARTS) is 1. The number of likely N-dealkylation sites (tertiary alicyclic amines) is 1. The molecule has 25 heavy (non-hydrogen) atoms. The lowest BCUT2D eigenvalue weighted by Gasteiger charge is -2.40. The maximum atomic E-state index is 13.1. The first-order chi connectivity index (χ1) is 12.0. The Morgan fingerprint density at radius 1 is 1.08 bits per heavy atom. The van der Waals surface area contributed by atoms with E-state index in [9.17, 15) is 14.0 Å². The van der Waals surface area contributed by atoms with Crippen LogP contribution in [0.15, 0.2) is 24.3 Å². The molecule has 0 aliphatic carbocycles. The maximum absolute atomic E-state index is 13.1.